The number of fused-ring (bicyclic) bond motifs is 1. The zero-order valence-electron chi connectivity index (χ0n) is 14.8. The van der Waals surface area contributed by atoms with E-state index in [1.165, 1.54) is 8.61 Å². The summed E-state index contributed by atoms with van der Waals surface area (Å²) in [6.45, 7) is 2.64. The molecule has 0 atom stereocenters. The van der Waals surface area contributed by atoms with Crippen LogP contribution >= 0.6 is 0 Å². The Morgan fingerprint density at radius 3 is 2.36 bits per heavy atom. The van der Waals surface area contributed by atoms with Crippen molar-refractivity contribution < 1.29 is 8.42 Å². The second-order valence-corrected chi connectivity index (χ2v) is 8.70. The third-order valence-electron chi connectivity index (χ3n) is 4.72. The molecule has 0 bridgehead atoms. The molecule has 2 heterocycles. The summed E-state index contributed by atoms with van der Waals surface area (Å²) < 4.78 is 28.8. The molecule has 1 aromatic heterocycles. The molecule has 1 aliphatic rings. The Hall–Kier alpha value is -1.74. The summed E-state index contributed by atoms with van der Waals surface area (Å²) in [5.41, 5.74) is 1.66. The fraction of sp³-hybridized carbons (Fsp3) is 0.471. The lowest BCUT2D eigenvalue weighted by atomic mass is 10.1. The monoisotopic (exact) mass is 364 g/mol. The maximum atomic E-state index is 12.6. The van der Waals surface area contributed by atoms with Crippen LogP contribution in [0.25, 0.3) is 10.9 Å². The van der Waals surface area contributed by atoms with Crippen LogP contribution in [0.5, 0.6) is 0 Å². The first kappa shape index (κ1) is 18.1. The minimum absolute atomic E-state index is 0.00189. The van der Waals surface area contributed by atoms with Crippen molar-refractivity contribution in [3.05, 3.63) is 46.2 Å². The molecule has 1 fully saturated rings. The molecule has 3 rings (SSSR count). The van der Waals surface area contributed by atoms with Gasteiger partial charge in [-0.1, -0.05) is 18.2 Å². The largest absolute Gasteiger partial charge is 0.311 e. The van der Waals surface area contributed by atoms with Gasteiger partial charge in [-0.15, -0.1) is 0 Å². The number of benzene rings is 1. The van der Waals surface area contributed by atoms with Gasteiger partial charge in [-0.05, 0) is 17.5 Å². The Bertz CT molecular complexity index is 929. The van der Waals surface area contributed by atoms with E-state index in [-0.39, 0.29) is 5.56 Å². The molecule has 0 unspecified atom stereocenters. The van der Waals surface area contributed by atoms with Gasteiger partial charge in [0.15, 0.2) is 0 Å². The second-order valence-electron chi connectivity index (χ2n) is 6.56. The quantitative estimate of drug-likeness (QED) is 0.791. The van der Waals surface area contributed by atoms with Crippen LogP contribution in [0.1, 0.15) is 5.56 Å². The first-order valence-corrected chi connectivity index (χ1v) is 9.68. The first-order chi connectivity index (χ1) is 11.8. The van der Waals surface area contributed by atoms with E-state index in [0.717, 1.165) is 16.5 Å². The van der Waals surface area contributed by atoms with Crippen LogP contribution in [0.15, 0.2) is 35.1 Å². The average Bonchev–Trinajstić information content (AvgIpc) is 2.60. The van der Waals surface area contributed by atoms with Crippen molar-refractivity contribution in [2.24, 2.45) is 7.05 Å². The zero-order chi connectivity index (χ0) is 18.2. The lowest BCUT2D eigenvalue weighted by Crippen LogP contribution is -2.51. The molecule has 8 heteroatoms. The number of para-hydroxylation sites is 1. The van der Waals surface area contributed by atoms with Crippen molar-refractivity contribution in [3.8, 4) is 0 Å². The van der Waals surface area contributed by atoms with Gasteiger partial charge in [0, 0.05) is 59.4 Å². The number of piperazine rings is 1. The van der Waals surface area contributed by atoms with Gasteiger partial charge in [0.05, 0.1) is 5.52 Å². The maximum absolute atomic E-state index is 12.6. The van der Waals surface area contributed by atoms with Gasteiger partial charge in [-0.2, -0.15) is 17.0 Å². The summed E-state index contributed by atoms with van der Waals surface area (Å²) in [5.74, 6) is 0. The van der Waals surface area contributed by atoms with E-state index in [0.29, 0.717) is 32.7 Å². The highest BCUT2D eigenvalue weighted by Crippen LogP contribution is 2.15. The molecule has 1 aliphatic heterocycles. The predicted octanol–water partition coefficient (Wildman–Crippen LogP) is 0.463. The summed E-state index contributed by atoms with van der Waals surface area (Å²) in [5, 5.41) is 1.04. The van der Waals surface area contributed by atoms with E-state index in [1.807, 2.05) is 30.3 Å². The predicted molar refractivity (Wildman–Crippen MR) is 98.6 cm³/mol. The Balaban J connectivity index is 1.76. The number of aromatic nitrogens is 1. The molecule has 0 radical (unpaired) electrons. The number of hydrogen-bond donors (Lipinski definition) is 0. The number of hydrogen-bond acceptors (Lipinski definition) is 4. The van der Waals surface area contributed by atoms with Gasteiger partial charge in [0.2, 0.25) is 0 Å². The third-order valence-corrected chi connectivity index (χ3v) is 6.66. The molecule has 0 aliphatic carbocycles. The first-order valence-electron chi connectivity index (χ1n) is 8.28. The van der Waals surface area contributed by atoms with Gasteiger partial charge >= 0.3 is 0 Å². The van der Waals surface area contributed by atoms with E-state index in [1.54, 1.807) is 25.7 Å². The molecule has 2 aromatic rings. The zero-order valence-corrected chi connectivity index (χ0v) is 15.7. The molecule has 0 amide bonds. The Morgan fingerprint density at radius 2 is 1.72 bits per heavy atom. The smallest absolute Gasteiger partial charge is 0.281 e. The molecule has 1 saturated heterocycles. The van der Waals surface area contributed by atoms with E-state index < -0.39 is 10.2 Å². The van der Waals surface area contributed by atoms with Gasteiger partial charge in [-0.3, -0.25) is 9.69 Å². The number of nitrogens with zero attached hydrogens (tertiary/aromatic N) is 4. The van der Waals surface area contributed by atoms with Crippen LogP contribution in [0.2, 0.25) is 0 Å². The molecule has 0 spiro atoms. The fourth-order valence-electron chi connectivity index (χ4n) is 3.19. The van der Waals surface area contributed by atoms with E-state index in [9.17, 15) is 13.2 Å². The normalized spacial score (nSPS) is 17.4. The minimum atomic E-state index is -3.37. The van der Waals surface area contributed by atoms with Crippen molar-refractivity contribution in [2.75, 3.05) is 40.3 Å². The van der Waals surface area contributed by atoms with Gasteiger partial charge in [-0.25, -0.2) is 0 Å². The molecular weight excluding hydrogens is 340 g/mol. The molecule has 136 valence electrons. The van der Waals surface area contributed by atoms with E-state index in [4.69, 9.17) is 0 Å². The number of rotatable bonds is 4. The fourth-order valence-corrected chi connectivity index (χ4v) is 4.28. The molecule has 0 saturated carbocycles. The van der Waals surface area contributed by atoms with Gasteiger partial charge < -0.3 is 4.57 Å². The summed E-state index contributed by atoms with van der Waals surface area (Å²) >= 11 is 0. The van der Waals surface area contributed by atoms with Crippen molar-refractivity contribution >= 4 is 21.1 Å². The Morgan fingerprint density at radius 1 is 1.08 bits per heavy atom. The van der Waals surface area contributed by atoms with E-state index >= 15 is 0 Å². The van der Waals surface area contributed by atoms with Crippen LogP contribution in [0.3, 0.4) is 0 Å². The lowest BCUT2D eigenvalue weighted by molar-refractivity contribution is 0.176. The number of pyridine rings is 1. The third kappa shape index (κ3) is 3.48. The van der Waals surface area contributed by atoms with Crippen LogP contribution < -0.4 is 5.56 Å². The highest BCUT2D eigenvalue weighted by atomic mass is 32.2. The SMILES string of the molecule is CN(C)S(=O)(=O)N1CCN(Cc2cc3ccccc3n(C)c2=O)CC1. The molecule has 1 aromatic carbocycles. The summed E-state index contributed by atoms with van der Waals surface area (Å²) in [4.78, 5) is 14.7. The highest BCUT2D eigenvalue weighted by Gasteiger charge is 2.28. The van der Waals surface area contributed by atoms with Crippen LogP contribution in [0.4, 0.5) is 0 Å². The Labute approximate surface area is 148 Å². The minimum Gasteiger partial charge on any atom is -0.311 e. The summed E-state index contributed by atoms with van der Waals surface area (Å²) in [6, 6.07) is 9.76. The molecule has 0 N–H and O–H groups in total. The van der Waals surface area contributed by atoms with Gasteiger partial charge in [0.1, 0.15) is 0 Å². The topological polar surface area (TPSA) is 65.9 Å². The summed E-state index contributed by atoms with van der Waals surface area (Å²) in [6.07, 6.45) is 0. The molecule has 25 heavy (non-hydrogen) atoms. The number of aryl methyl sites for hydroxylation is 1. The second kappa shape index (κ2) is 6.87. The van der Waals surface area contributed by atoms with Crippen molar-refractivity contribution in [3.63, 3.8) is 0 Å². The van der Waals surface area contributed by atoms with Crippen molar-refractivity contribution in [1.82, 2.24) is 18.1 Å². The van der Waals surface area contributed by atoms with Crippen molar-refractivity contribution in [1.29, 1.82) is 0 Å². The Kier molecular flexibility index (Phi) is 4.97. The van der Waals surface area contributed by atoms with E-state index in [2.05, 4.69) is 4.90 Å². The standard InChI is InChI=1S/C17H24N4O3S/c1-18(2)25(23,24)21-10-8-20(9-11-21)13-15-12-14-6-4-5-7-16(14)19(3)17(15)22/h4-7,12H,8-11,13H2,1-3H3. The maximum Gasteiger partial charge on any atom is 0.281 e. The van der Waals surface area contributed by atoms with Crippen molar-refractivity contribution in [2.45, 2.75) is 6.54 Å². The van der Waals surface area contributed by atoms with Crippen LogP contribution in [-0.4, -0.2) is 66.8 Å². The van der Waals surface area contributed by atoms with Crippen LogP contribution in [0, 0.1) is 0 Å². The lowest BCUT2D eigenvalue weighted by Gasteiger charge is -2.35. The highest BCUT2D eigenvalue weighted by molar-refractivity contribution is 7.86. The average molecular weight is 364 g/mol. The summed E-state index contributed by atoms with van der Waals surface area (Å²) in [7, 11) is 1.51. The molecule has 7 nitrogen and oxygen atoms in total. The van der Waals surface area contributed by atoms with Gasteiger partial charge in [0.25, 0.3) is 15.8 Å². The molecular formula is C17H24N4O3S. The van der Waals surface area contributed by atoms with Crippen LogP contribution in [-0.2, 0) is 23.8 Å².